The number of nitro groups is 1. The molecular weight excluding hydrogens is 578 g/mol. The van der Waals surface area contributed by atoms with Crippen molar-refractivity contribution >= 4 is 57.2 Å². The van der Waals surface area contributed by atoms with E-state index in [4.69, 9.17) is 4.74 Å². The number of imidazole rings is 1. The van der Waals surface area contributed by atoms with Crippen LogP contribution in [0.25, 0.3) is 10.2 Å². The molecule has 14 heteroatoms. The number of carbonyl (C=O) groups is 2. The maximum Gasteiger partial charge on any atom is 0.408 e. The fourth-order valence-electron chi connectivity index (χ4n) is 3.81. The molecule has 0 spiro atoms. The van der Waals surface area contributed by atoms with Crippen LogP contribution in [0.1, 0.15) is 16.8 Å². The second-order valence-corrected chi connectivity index (χ2v) is 11.1. The highest BCUT2D eigenvalue weighted by Crippen LogP contribution is 2.38. The lowest BCUT2D eigenvalue weighted by molar-refractivity contribution is -0.387. The number of fused-ring (bicyclic) bond motifs is 1. The molecule has 5 rings (SSSR count). The summed E-state index contributed by atoms with van der Waals surface area (Å²) in [6.45, 7) is 0.0370. The van der Waals surface area contributed by atoms with Crippen LogP contribution in [0.15, 0.2) is 99.7 Å². The topological polar surface area (TPSA) is 164 Å². The first-order valence-electron chi connectivity index (χ1n) is 12.5. The van der Waals surface area contributed by atoms with Crippen LogP contribution < -0.4 is 10.7 Å². The van der Waals surface area contributed by atoms with Gasteiger partial charge in [-0.15, -0.1) is 11.3 Å². The molecule has 5 aromatic rings. The van der Waals surface area contributed by atoms with Crippen molar-refractivity contribution in [3.8, 4) is 0 Å². The molecule has 0 aliphatic carbocycles. The minimum atomic E-state index is -1.03. The van der Waals surface area contributed by atoms with Gasteiger partial charge in [0.2, 0.25) is 0 Å². The van der Waals surface area contributed by atoms with Crippen LogP contribution in [-0.4, -0.2) is 44.1 Å². The number of carbonyl (C=O) groups excluding carboxylic acids is 2. The first-order chi connectivity index (χ1) is 20.4. The summed E-state index contributed by atoms with van der Waals surface area (Å²) in [5.74, 6) is -0.616. The smallest absolute Gasteiger partial charge is 0.408 e. The van der Waals surface area contributed by atoms with Crippen molar-refractivity contribution in [3.63, 3.8) is 0 Å². The van der Waals surface area contributed by atoms with Gasteiger partial charge >= 0.3 is 6.09 Å². The summed E-state index contributed by atoms with van der Waals surface area (Å²) >= 11 is 2.66. The lowest BCUT2D eigenvalue weighted by Gasteiger charge is -2.16. The Morgan fingerprint density at radius 2 is 1.95 bits per heavy atom. The lowest BCUT2D eigenvalue weighted by atomic mass is 10.1. The number of hydrogen-bond acceptors (Lipinski definition) is 10. The van der Waals surface area contributed by atoms with Gasteiger partial charge in [-0.1, -0.05) is 60.3 Å². The highest BCUT2D eigenvalue weighted by molar-refractivity contribution is 8.01. The van der Waals surface area contributed by atoms with Gasteiger partial charge in [-0.2, -0.15) is 5.10 Å². The first kappa shape index (κ1) is 28.4. The molecule has 2 amide bonds. The second-order valence-electron chi connectivity index (χ2n) is 8.81. The second kappa shape index (κ2) is 13.5. The van der Waals surface area contributed by atoms with E-state index in [2.05, 4.69) is 30.8 Å². The predicted molar refractivity (Wildman–Crippen MR) is 158 cm³/mol. The van der Waals surface area contributed by atoms with Gasteiger partial charge in [0.15, 0.2) is 4.34 Å². The Kier molecular flexibility index (Phi) is 9.16. The number of ether oxygens (including phenoxy) is 1. The van der Waals surface area contributed by atoms with E-state index in [1.807, 2.05) is 54.6 Å². The van der Waals surface area contributed by atoms with Gasteiger partial charge in [0.05, 0.1) is 32.6 Å². The zero-order valence-electron chi connectivity index (χ0n) is 21.8. The number of nitrogens with one attached hydrogen (secondary N) is 3. The van der Waals surface area contributed by atoms with Crippen LogP contribution in [-0.2, 0) is 22.6 Å². The van der Waals surface area contributed by atoms with E-state index in [0.717, 1.165) is 15.8 Å². The minimum absolute atomic E-state index is 0.0370. The summed E-state index contributed by atoms with van der Waals surface area (Å²) in [6, 6.07) is 20.4. The molecule has 2 heterocycles. The van der Waals surface area contributed by atoms with Gasteiger partial charge in [-0.3, -0.25) is 14.9 Å². The third kappa shape index (κ3) is 7.56. The van der Waals surface area contributed by atoms with E-state index in [9.17, 15) is 19.7 Å². The molecule has 2 aromatic heterocycles. The number of benzene rings is 3. The van der Waals surface area contributed by atoms with E-state index >= 15 is 0 Å². The monoisotopic (exact) mass is 601 g/mol. The fraction of sp³-hybridized carbons (Fsp3) is 0.107. The van der Waals surface area contributed by atoms with Crippen molar-refractivity contribution < 1.29 is 19.2 Å². The van der Waals surface area contributed by atoms with Crippen LogP contribution in [0.2, 0.25) is 0 Å². The molecule has 0 saturated carbocycles. The molecule has 12 nitrogen and oxygen atoms in total. The largest absolute Gasteiger partial charge is 0.445 e. The van der Waals surface area contributed by atoms with Crippen LogP contribution in [0.3, 0.4) is 0 Å². The third-order valence-corrected chi connectivity index (χ3v) is 8.00. The van der Waals surface area contributed by atoms with Crippen molar-refractivity contribution in [2.75, 3.05) is 0 Å². The van der Waals surface area contributed by atoms with Gasteiger partial charge in [-0.05, 0) is 23.8 Å². The number of rotatable bonds is 11. The predicted octanol–water partition coefficient (Wildman–Crippen LogP) is 5.07. The molecule has 0 unspecified atom stereocenters. The lowest BCUT2D eigenvalue weighted by Crippen LogP contribution is -2.47. The molecule has 0 aliphatic heterocycles. The van der Waals surface area contributed by atoms with Crippen LogP contribution in [0.4, 0.5) is 10.5 Å². The van der Waals surface area contributed by atoms with Crippen molar-refractivity contribution in [1.29, 1.82) is 0 Å². The molecule has 42 heavy (non-hydrogen) atoms. The standard InChI is InChI=1S/C28H23N7O5S2/c36-26(22(13-20-15-29-17-30-20)32-27(37)40-16-18-6-2-1-3-7-18)34-31-14-19-10-11-25(23(12-19)35(38)39)42-28-33-21-8-4-5-9-24(21)41-28/h1-12,14-15,17,22H,13,16H2,(H,29,30)(H,32,37)(H,34,36)/b31-14-/t22-/m0/s1. The number of nitrogens with zero attached hydrogens (tertiary/aromatic N) is 4. The fourth-order valence-corrected chi connectivity index (χ4v) is 5.92. The van der Waals surface area contributed by atoms with E-state index in [1.54, 1.807) is 12.1 Å². The summed E-state index contributed by atoms with van der Waals surface area (Å²) < 4.78 is 6.92. The van der Waals surface area contributed by atoms with Gasteiger partial charge in [0.25, 0.3) is 11.6 Å². The van der Waals surface area contributed by atoms with Crippen LogP contribution >= 0.6 is 23.1 Å². The number of amides is 2. The average Bonchev–Trinajstić information content (AvgIpc) is 3.66. The van der Waals surface area contributed by atoms with Crippen molar-refractivity contribution in [2.24, 2.45) is 5.10 Å². The number of hydrogen-bond donors (Lipinski definition) is 3. The number of nitro benzene ring substituents is 1. The highest BCUT2D eigenvalue weighted by Gasteiger charge is 2.23. The van der Waals surface area contributed by atoms with E-state index < -0.39 is 23.0 Å². The maximum atomic E-state index is 12.9. The normalized spacial score (nSPS) is 11.8. The van der Waals surface area contributed by atoms with Crippen LogP contribution in [0.5, 0.6) is 0 Å². The summed E-state index contributed by atoms with van der Waals surface area (Å²) in [6.07, 6.45) is 3.61. The van der Waals surface area contributed by atoms with Crippen molar-refractivity contribution in [3.05, 3.63) is 112 Å². The Morgan fingerprint density at radius 3 is 2.71 bits per heavy atom. The van der Waals surface area contributed by atoms with Crippen molar-refractivity contribution in [2.45, 2.75) is 28.3 Å². The maximum absolute atomic E-state index is 12.9. The van der Waals surface area contributed by atoms with Gasteiger partial charge in [0, 0.05) is 29.9 Å². The SMILES string of the molecule is O=C(N[C@@H](Cc1cnc[nH]1)C(=O)N/N=C\c1ccc(Sc2nc3ccccc3s2)c([N+](=O)[O-])c1)OCc1ccccc1. The number of aromatic nitrogens is 3. The number of aromatic amines is 1. The molecule has 0 fully saturated rings. The Hall–Kier alpha value is -5.08. The zero-order valence-corrected chi connectivity index (χ0v) is 23.4. The molecule has 1 atom stereocenters. The highest BCUT2D eigenvalue weighted by atomic mass is 32.2. The number of alkyl carbamates (subject to hydrolysis) is 1. The quantitative estimate of drug-likeness (QED) is 0.107. The average molecular weight is 602 g/mol. The summed E-state index contributed by atoms with van der Waals surface area (Å²) in [5, 5.41) is 18.3. The third-order valence-electron chi connectivity index (χ3n) is 5.84. The summed E-state index contributed by atoms with van der Waals surface area (Å²) in [5.41, 5.74) is 4.90. The molecular formula is C28H23N7O5S2. The van der Waals surface area contributed by atoms with E-state index in [1.165, 1.54) is 47.9 Å². The van der Waals surface area contributed by atoms with Gasteiger partial charge < -0.3 is 15.0 Å². The number of thiazole rings is 1. The Bertz CT molecular complexity index is 1690. The molecule has 212 valence electrons. The molecule has 0 bridgehead atoms. The zero-order chi connectivity index (χ0) is 29.3. The van der Waals surface area contributed by atoms with Crippen LogP contribution in [0, 0.1) is 10.1 Å². The Morgan fingerprint density at radius 1 is 1.14 bits per heavy atom. The first-order valence-corrected chi connectivity index (χ1v) is 14.2. The van der Waals surface area contributed by atoms with E-state index in [-0.39, 0.29) is 18.7 Å². The number of para-hydroxylation sites is 1. The molecule has 3 aromatic carbocycles. The number of H-pyrrole nitrogens is 1. The molecule has 3 N–H and O–H groups in total. The number of hydrazone groups is 1. The van der Waals surface area contributed by atoms with Gasteiger partial charge in [-0.25, -0.2) is 20.2 Å². The van der Waals surface area contributed by atoms with Gasteiger partial charge in [0.1, 0.15) is 12.6 Å². The Balaban J connectivity index is 1.23. The Labute approximate surface area is 247 Å². The van der Waals surface area contributed by atoms with Crippen molar-refractivity contribution in [1.82, 2.24) is 25.7 Å². The van der Waals surface area contributed by atoms with E-state index in [0.29, 0.717) is 20.5 Å². The molecule has 0 saturated heterocycles. The molecule has 0 aliphatic rings. The summed E-state index contributed by atoms with van der Waals surface area (Å²) in [7, 11) is 0. The minimum Gasteiger partial charge on any atom is -0.445 e. The molecule has 0 radical (unpaired) electrons. The summed E-state index contributed by atoms with van der Waals surface area (Å²) in [4.78, 5) is 48.5.